The molecule has 2 N–H and O–H groups in total. The lowest BCUT2D eigenvalue weighted by molar-refractivity contribution is -0.160. The quantitative estimate of drug-likeness (QED) is 0.681. The molecule has 1 heterocycles. The zero-order chi connectivity index (χ0) is 14.5. The molecular formula is C12H22N2O5. The second-order valence-corrected chi connectivity index (χ2v) is 4.98. The Bertz CT molecular complexity index is 322. The van der Waals surface area contributed by atoms with E-state index in [1.807, 2.05) is 6.92 Å². The zero-order valence-electron chi connectivity index (χ0n) is 11.5. The van der Waals surface area contributed by atoms with E-state index in [2.05, 4.69) is 0 Å². The van der Waals surface area contributed by atoms with E-state index in [-0.39, 0.29) is 19.2 Å². The van der Waals surface area contributed by atoms with Gasteiger partial charge in [-0.1, -0.05) is 6.92 Å². The van der Waals surface area contributed by atoms with Crippen molar-refractivity contribution in [1.29, 1.82) is 0 Å². The van der Waals surface area contributed by atoms with Crippen molar-refractivity contribution in [2.75, 3.05) is 39.4 Å². The molecule has 1 saturated heterocycles. The van der Waals surface area contributed by atoms with Crippen molar-refractivity contribution in [3.63, 3.8) is 0 Å². The van der Waals surface area contributed by atoms with Crippen LogP contribution in [0.5, 0.6) is 0 Å². The van der Waals surface area contributed by atoms with Gasteiger partial charge >= 0.3 is 12.0 Å². The molecule has 0 aromatic heterocycles. The number of aliphatic hydroxyl groups excluding tert-OH is 1. The van der Waals surface area contributed by atoms with Gasteiger partial charge in [-0.2, -0.15) is 0 Å². The summed E-state index contributed by atoms with van der Waals surface area (Å²) in [5.74, 6) is -1.01. The fourth-order valence-corrected chi connectivity index (χ4v) is 2.12. The van der Waals surface area contributed by atoms with Gasteiger partial charge in [-0.3, -0.25) is 0 Å². The van der Waals surface area contributed by atoms with Crippen LogP contribution in [-0.4, -0.2) is 77.0 Å². The van der Waals surface area contributed by atoms with Crippen molar-refractivity contribution in [3.05, 3.63) is 0 Å². The number of likely N-dealkylation sites (tertiary alicyclic amines) is 1. The van der Waals surface area contributed by atoms with Crippen molar-refractivity contribution in [3.8, 4) is 0 Å². The average molecular weight is 274 g/mol. The van der Waals surface area contributed by atoms with Crippen LogP contribution in [-0.2, 0) is 9.53 Å². The van der Waals surface area contributed by atoms with Crippen LogP contribution in [0.4, 0.5) is 4.79 Å². The minimum atomic E-state index is -1.01. The van der Waals surface area contributed by atoms with Gasteiger partial charge in [0.25, 0.3) is 0 Å². The molecule has 0 aromatic rings. The van der Waals surface area contributed by atoms with Crippen molar-refractivity contribution >= 4 is 12.0 Å². The molecule has 0 spiro atoms. The van der Waals surface area contributed by atoms with Crippen LogP contribution < -0.4 is 0 Å². The van der Waals surface area contributed by atoms with Gasteiger partial charge in [-0.25, -0.2) is 9.59 Å². The number of hydrogen-bond donors (Lipinski definition) is 2. The third-order valence-corrected chi connectivity index (χ3v) is 3.00. The fourth-order valence-electron chi connectivity index (χ4n) is 2.12. The summed E-state index contributed by atoms with van der Waals surface area (Å²) in [6, 6.07) is -0.132. The van der Waals surface area contributed by atoms with Crippen LogP contribution >= 0.6 is 0 Å². The first-order chi connectivity index (χ1) is 8.91. The Morgan fingerprint density at radius 2 is 2.00 bits per heavy atom. The number of urea groups is 1. The Labute approximate surface area is 112 Å². The third kappa shape index (κ3) is 4.36. The number of carboxylic acid groups (broad SMARTS) is 1. The number of aliphatic hydroxyl groups is 1. The van der Waals surface area contributed by atoms with Crippen LogP contribution in [0.15, 0.2) is 0 Å². The molecule has 1 aliphatic heterocycles. The summed E-state index contributed by atoms with van der Waals surface area (Å²) in [5, 5.41) is 17.5. The third-order valence-electron chi connectivity index (χ3n) is 3.00. The maximum Gasteiger partial charge on any atom is 0.329 e. The number of carbonyl (C=O) groups is 2. The minimum absolute atomic E-state index is 0.0631. The van der Waals surface area contributed by atoms with E-state index in [9.17, 15) is 9.59 Å². The van der Waals surface area contributed by atoms with E-state index in [0.717, 1.165) is 6.42 Å². The smallest absolute Gasteiger partial charge is 0.329 e. The van der Waals surface area contributed by atoms with Crippen molar-refractivity contribution in [1.82, 2.24) is 9.80 Å². The molecule has 7 nitrogen and oxygen atoms in total. The molecule has 0 bridgehead atoms. The van der Waals surface area contributed by atoms with E-state index < -0.39 is 11.6 Å². The Morgan fingerprint density at radius 1 is 1.37 bits per heavy atom. The van der Waals surface area contributed by atoms with E-state index in [4.69, 9.17) is 14.9 Å². The summed E-state index contributed by atoms with van der Waals surface area (Å²) >= 11 is 0. The highest BCUT2D eigenvalue weighted by Gasteiger charge is 2.43. The monoisotopic (exact) mass is 274 g/mol. The van der Waals surface area contributed by atoms with Crippen LogP contribution in [0.1, 0.15) is 20.3 Å². The fraction of sp³-hybridized carbons (Fsp3) is 0.833. The van der Waals surface area contributed by atoms with E-state index in [1.54, 1.807) is 16.7 Å². The molecule has 19 heavy (non-hydrogen) atoms. The molecule has 0 atom stereocenters. The van der Waals surface area contributed by atoms with Crippen LogP contribution in [0, 0.1) is 0 Å². The van der Waals surface area contributed by atoms with Gasteiger partial charge < -0.3 is 24.7 Å². The lowest BCUT2D eigenvalue weighted by Crippen LogP contribution is -2.65. The largest absolute Gasteiger partial charge is 0.480 e. The maximum absolute atomic E-state index is 12.1. The Morgan fingerprint density at radius 3 is 2.47 bits per heavy atom. The minimum Gasteiger partial charge on any atom is -0.480 e. The molecule has 110 valence electrons. The van der Waals surface area contributed by atoms with Crippen LogP contribution in [0.25, 0.3) is 0 Å². The molecule has 0 aliphatic carbocycles. The first-order valence-corrected chi connectivity index (χ1v) is 6.42. The average Bonchev–Trinajstić information content (AvgIpc) is 2.32. The van der Waals surface area contributed by atoms with Crippen molar-refractivity contribution in [2.24, 2.45) is 0 Å². The normalized spacial score (nSPS) is 16.9. The first-order valence-electron chi connectivity index (χ1n) is 6.42. The maximum atomic E-state index is 12.1. The number of nitrogens with zero attached hydrogens (tertiary/aromatic N) is 2. The van der Waals surface area contributed by atoms with Crippen molar-refractivity contribution < 1.29 is 24.5 Å². The number of carboxylic acids is 1. The summed E-state index contributed by atoms with van der Waals surface area (Å²) in [5.41, 5.74) is -0.578. The number of rotatable bonds is 7. The SMILES string of the molecule is CCCN(CCO)C(=O)N1CC(C)(OCC(=O)O)C1. The van der Waals surface area contributed by atoms with Gasteiger partial charge in [0.1, 0.15) is 12.2 Å². The molecule has 1 rings (SSSR count). The standard InChI is InChI=1S/C12H22N2O5/c1-3-4-13(5-6-15)11(18)14-8-12(2,9-14)19-7-10(16)17/h15H,3-9H2,1-2H3,(H,16,17). The summed E-state index contributed by atoms with van der Waals surface area (Å²) in [7, 11) is 0. The Kier molecular flexibility index (Phi) is 5.56. The van der Waals surface area contributed by atoms with Gasteiger partial charge in [0.2, 0.25) is 0 Å². The van der Waals surface area contributed by atoms with E-state index >= 15 is 0 Å². The predicted octanol–water partition coefficient (Wildman–Crippen LogP) is -0.0138. The number of ether oxygens (including phenoxy) is 1. The number of aliphatic carboxylic acids is 1. The molecule has 2 amide bonds. The number of carbonyl (C=O) groups excluding carboxylic acids is 1. The second-order valence-electron chi connectivity index (χ2n) is 4.98. The summed E-state index contributed by atoms with van der Waals surface area (Å²) < 4.78 is 5.25. The van der Waals surface area contributed by atoms with Crippen molar-refractivity contribution in [2.45, 2.75) is 25.9 Å². The highest BCUT2D eigenvalue weighted by molar-refractivity contribution is 5.75. The van der Waals surface area contributed by atoms with E-state index in [1.165, 1.54) is 0 Å². The van der Waals surface area contributed by atoms with Crippen LogP contribution in [0.3, 0.4) is 0 Å². The van der Waals surface area contributed by atoms with Crippen LogP contribution in [0.2, 0.25) is 0 Å². The molecule has 7 heteroatoms. The molecule has 0 unspecified atom stereocenters. The van der Waals surface area contributed by atoms with Gasteiger partial charge in [0.15, 0.2) is 0 Å². The topological polar surface area (TPSA) is 90.3 Å². The molecular weight excluding hydrogens is 252 g/mol. The lowest BCUT2D eigenvalue weighted by atomic mass is 9.97. The highest BCUT2D eigenvalue weighted by atomic mass is 16.5. The van der Waals surface area contributed by atoms with E-state index in [0.29, 0.717) is 26.2 Å². The zero-order valence-corrected chi connectivity index (χ0v) is 11.5. The molecule has 1 aliphatic rings. The van der Waals surface area contributed by atoms with Gasteiger partial charge in [0.05, 0.1) is 19.7 Å². The molecule has 1 fully saturated rings. The Balaban J connectivity index is 2.42. The Hall–Kier alpha value is -1.34. The predicted molar refractivity (Wildman–Crippen MR) is 67.9 cm³/mol. The summed E-state index contributed by atoms with van der Waals surface area (Å²) in [6.45, 7) is 5.01. The summed E-state index contributed by atoms with van der Waals surface area (Å²) in [4.78, 5) is 25.7. The first kappa shape index (κ1) is 15.7. The highest BCUT2D eigenvalue weighted by Crippen LogP contribution is 2.25. The molecule has 0 radical (unpaired) electrons. The van der Waals surface area contributed by atoms with Gasteiger partial charge in [0, 0.05) is 13.1 Å². The van der Waals surface area contributed by atoms with Gasteiger partial charge in [-0.15, -0.1) is 0 Å². The number of amides is 2. The second kappa shape index (κ2) is 6.72. The molecule has 0 aromatic carbocycles. The number of hydrogen-bond acceptors (Lipinski definition) is 4. The summed E-state index contributed by atoms with van der Waals surface area (Å²) in [6.07, 6.45) is 0.826. The van der Waals surface area contributed by atoms with Gasteiger partial charge in [-0.05, 0) is 13.3 Å². The lowest BCUT2D eigenvalue weighted by Gasteiger charge is -2.48. The molecule has 0 saturated carbocycles.